The summed E-state index contributed by atoms with van der Waals surface area (Å²) in [7, 11) is 0. The first-order valence-corrected chi connectivity index (χ1v) is 7.39. The van der Waals surface area contributed by atoms with Crippen LogP contribution in [-0.4, -0.2) is 18.7 Å². The van der Waals surface area contributed by atoms with E-state index < -0.39 is 0 Å². The summed E-state index contributed by atoms with van der Waals surface area (Å²) in [5.41, 5.74) is 3.36. The number of hydrogen-bond acceptors (Lipinski definition) is 3. The molecule has 0 heterocycles. The van der Waals surface area contributed by atoms with Crippen molar-refractivity contribution in [3.8, 4) is 5.75 Å². The first kappa shape index (κ1) is 16.2. The van der Waals surface area contributed by atoms with Gasteiger partial charge in [-0.25, -0.2) is 5.43 Å². The summed E-state index contributed by atoms with van der Waals surface area (Å²) in [4.78, 5) is 11.5. The second kappa shape index (κ2) is 7.65. The maximum atomic E-state index is 11.5. The number of amides is 1. The van der Waals surface area contributed by atoms with Gasteiger partial charge in [-0.1, -0.05) is 29.8 Å². The average molecular weight is 392 g/mol. The number of carbonyl (C=O) groups excluding carboxylic acids is 1. The maximum absolute atomic E-state index is 11.5. The number of halogens is 2. The zero-order chi connectivity index (χ0) is 14.4. The topological polar surface area (TPSA) is 50.7 Å². The Kier molecular flexibility index (Phi) is 6.51. The zero-order valence-electron chi connectivity index (χ0n) is 11.0. The summed E-state index contributed by atoms with van der Waals surface area (Å²) >= 11 is 6.79. The molecule has 0 fully saturated rings. The fourth-order valence-electron chi connectivity index (χ4n) is 1.30. The van der Waals surface area contributed by atoms with Crippen LogP contribution in [0.2, 0.25) is 0 Å². The highest BCUT2D eigenvalue weighted by Gasteiger charge is 2.09. The third kappa shape index (κ3) is 5.74. The fourth-order valence-corrected chi connectivity index (χ4v) is 2.85. The average Bonchev–Trinajstić information content (AvgIpc) is 2.26. The van der Waals surface area contributed by atoms with Crippen molar-refractivity contribution in [2.75, 3.05) is 6.61 Å². The SMILES string of the molecule is Cc1cc(Br)cc(Br)c1OCC(=O)NN=CC(C)C. The van der Waals surface area contributed by atoms with Gasteiger partial charge in [0.2, 0.25) is 0 Å². The highest BCUT2D eigenvalue weighted by molar-refractivity contribution is 9.11. The molecule has 0 atom stereocenters. The molecule has 1 amide bonds. The Morgan fingerprint density at radius 2 is 2.16 bits per heavy atom. The van der Waals surface area contributed by atoms with Crippen molar-refractivity contribution in [2.24, 2.45) is 11.0 Å². The van der Waals surface area contributed by atoms with E-state index in [-0.39, 0.29) is 12.5 Å². The Labute approximate surface area is 129 Å². The van der Waals surface area contributed by atoms with Gasteiger partial charge in [0.05, 0.1) is 4.47 Å². The second-order valence-electron chi connectivity index (χ2n) is 4.38. The molecule has 0 spiro atoms. The first-order chi connectivity index (χ1) is 8.90. The van der Waals surface area contributed by atoms with Gasteiger partial charge in [-0.3, -0.25) is 4.79 Å². The summed E-state index contributed by atoms with van der Waals surface area (Å²) in [5.74, 6) is 0.668. The van der Waals surface area contributed by atoms with E-state index in [1.54, 1.807) is 6.21 Å². The van der Waals surface area contributed by atoms with E-state index in [0.717, 1.165) is 14.5 Å². The molecule has 104 valence electrons. The molecular formula is C13H16Br2N2O2. The molecule has 1 aromatic carbocycles. The Balaban J connectivity index is 2.55. The van der Waals surface area contributed by atoms with E-state index in [2.05, 4.69) is 42.4 Å². The maximum Gasteiger partial charge on any atom is 0.277 e. The van der Waals surface area contributed by atoms with Gasteiger partial charge in [0.15, 0.2) is 6.61 Å². The van der Waals surface area contributed by atoms with Gasteiger partial charge in [-0.05, 0) is 46.5 Å². The summed E-state index contributed by atoms with van der Waals surface area (Å²) in [5, 5.41) is 3.82. The Bertz CT molecular complexity index is 465. The first-order valence-electron chi connectivity index (χ1n) is 5.80. The van der Waals surface area contributed by atoms with Crippen LogP contribution in [0.4, 0.5) is 0 Å². The number of aryl methyl sites for hydroxylation is 1. The molecular weight excluding hydrogens is 376 g/mol. The van der Waals surface area contributed by atoms with Gasteiger partial charge in [-0.2, -0.15) is 5.10 Å². The number of benzene rings is 1. The number of nitrogens with one attached hydrogen (secondary N) is 1. The van der Waals surface area contributed by atoms with Crippen LogP contribution >= 0.6 is 31.9 Å². The molecule has 0 radical (unpaired) electrons. The molecule has 1 rings (SSSR count). The van der Waals surface area contributed by atoms with E-state index in [0.29, 0.717) is 11.7 Å². The second-order valence-corrected chi connectivity index (χ2v) is 6.15. The molecule has 0 aliphatic heterocycles. The lowest BCUT2D eigenvalue weighted by Crippen LogP contribution is -2.25. The lowest BCUT2D eigenvalue weighted by molar-refractivity contribution is -0.123. The minimum atomic E-state index is -0.286. The van der Waals surface area contributed by atoms with Crippen molar-refractivity contribution in [3.05, 3.63) is 26.6 Å². The minimum Gasteiger partial charge on any atom is -0.482 e. The lowest BCUT2D eigenvalue weighted by Gasteiger charge is -2.10. The third-order valence-electron chi connectivity index (χ3n) is 2.10. The molecule has 19 heavy (non-hydrogen) atoms. The molecule has 0 aliphatic carbocycles. The van der Waals surface area contributed by atoms with Crippen LogP contribution in [-0.2, 0) is 4.79 Å². The van der Waals surface area contributed by atoms with Crippen molar-refractivity contribution in [1.29, 1.82) is 0 Å². The predicted octanol–water partition coefficient (Wildman–Crippen LogP) is 3.66. The van der Waals surface area contributed by atoms with E-state index in [1.165, 1.54) is 0 Å². The van der Waals surface area contributed by atoms with Gasteiger partial charge < -0.3 is 4.74 Å². The number of hydrazone groups is 1. The standard InChI is InChI=1S/C13H16Br2N2O2/c1-8(2)6-16-17-12(18)7-19-13-9(3)4-10(14)5-11(13)15/h4-6,8H,7H2,1-3H3,(H,17,18). The highest BCUT2D eigenvalue weighted by atomic mass is 79.9. The molecule has 0 aliphatic rings. The minimum absolute atomic E-state index is 0.0729. The molecule has 0 aromatic heterocycles. The monoisotopic (exact) mass is 390 g/mol. The van der Waals surface area contributed by atoms with Crippen LogP contribution in [0.25, 0.3) is 0 Å². The number of rotatable bonds is 5. The molecule has 4 nitrogen and oxygen atoms in total. The molecule has 0 unspecified atom stereocenters. The third-order valence-corrected chi connectivity index (χ3v) is 3.15. The molecule has 6 heteroatoms. The quantitative estimate of drug-likeness (QED) is 0.615. The highest BCUT2D eigenvalue weighted by Crippen LogP contribution is 2.32. The van der Waals surface area contributed by atoms with Crippen LogP contribution in [0.1, 0.15) is 19.4 Å². The van der Waals surface area contributed by atoms with Crippen molar-refractivity contribution in [2.45, 2.75) is 20.8 Å². The molecule has 1 N–H and O–H groups in total. The van der Waals surface area contributed by atoms with Gasteiger partial charge in [0.25, 0.3) is 5.91 Å². The normalized spacial score (nSPS) is 11.1. The number of hydrogen-bond donors (Lipinski definition) is 1. The molecule has 0 saturated carbocycles. The summed E-state index contributed by atoms with van der Waals surface area (Å²) in [6, 6.07) is 3.80. The number of ether oxygens (including phenoxy) is 1. The lowest BCUT2D eigenvalue weighted by atomic mass is 10.2. The van der Waals surface area contributed by atoms with Crippen molar-refractivity contribution in [3.63, 3.8) is 0 Å². The van der Waals surface area contributed by atoms with Gasteiger partial charge >= 0.3 is 0 Å². The van der Waals surface area contributed by atoms with E-state index in [1.807, 2.05) is 32.9 Å². The summed E-state index contributed by atoms with van der Waals surface area (Å²) in [6.45, 7) is 5.80. The zero-order valence-corrected chi connectivity index (χ0v) is 14.2. The van der Waals surface area contributed by atoms with Gasteiger partial charge in [0.1, 0.15) is 5.75 Å². The van der Waals surface area contributed by atoms with Crippen molar-refractivity contribution >= 4 is 44.0 Å². The summed E-state index contributed by atoms with van der Waals surface area (Å²) < 4.78 is 7.25. The van der Waals surface area contributed by atoms with Gasteiger partial charge in [-0.15, -0.1) is 0 Å². The van der Waals surface area contributed by atoms with Crippen molar-refractivity contribution in [1.82, 2.24) is 5.43 Å². The van der Waals surface area contributed by atoms with Crippen LogP contribution in [0, 0.1) is 12.8 Å². The fraction of sp³-hybridized carbons (Fsp3) is 0.385. The van der Waals surface area contributed by atoms with Crippen LogP contribution < -0.4 is 10.2 Å². The van der Waals surface area contributed by atoms with Crippen LogP contribution in [0.3, 0.4) is 0 Å². The molecule has 0 bridgehead atoms. The van der Waals surface area contributed by atoms with Crippen LogP contribution in [0.15, 0.2) is 26.2 Å². The predicted molar refractivity (Wildman–Crippen MR) is 83.5 cm³/mol. The smallest absolute Gasteiger partial charge is 0.277 e. The van der Waals surface area contributed by atoms with Crippen LogP contribution in [0.5, 0.6) is 5.75 Å². The largest absolute Gasteiger partial charge is 0.482 e. The Morgan fingerprint density at radius 3 is 2.74 bits per heavy atom. The Hall–Kier alpha value is -0.880. The van der Waals surface area contributed by atoms with E-state index >= 15 is 0 Å². The molecule has 1 aromatic rings. The van der Waals surface area contributed by atoms with E-state index in [4.69, 9.17) is 4.74 Å². The number of nitrogens with zero attached hydrogens (tertiary/aromatic N) is 1. The van der Waals surface area contributed by atoms with Crippen molar-refractivity contribution < 1.29 is 9.53 Å². The van der Waals surface area contributed by atoms with E-state index in [9.17, 15) is 4.79 Å². The van der Waals surface area contributed by atoms with Gasteiger partial charge in [0, 0.05) is 10.7 Å². The summed E-state index contributed by atoms with van der Waals surface area (Å²) in [6.07, 6.45) is 1.67. The molecule has 0 saturated heterocycles. The number of carbonyl (C=O) groups is 1. The Morgan fingerprint density at radius 1 is 1.47 bits per heavy atom.